The van der Waals surface area contributed by atoms with Gasteiger partial charge in [-0.1, -0.05) is 0 Å². The van der Waals surface area contributed by atoms with Crippen molar-refractivity contribution in [2.45, 2.75) is 19.3 Å². The number of likely N-dealkylation sites (tertiary alicyclic amines) is 1. The second-order valence-electron chi connectivity index (χ2n) is 3.01. The molecule has 1 aliphatic heterocycles. The van der Waals surface area contributed by atoms with Crippen molar-refractivity contribution in [2.75, 3.05) is 32.8 Å². The number of ether oxygens (including phenoxy) is 1. The minimum absolute atomic E-state index is 0. The normalized spacial score (nSPS) is 17.8. The van der Waals surface area contributed by atoms with Crippen LogP contribution in [0.4, 0.5) is 0 Å². The zero-order chi connectivity index (χ0) is 7.94. The van der Waals surface area contributed by atoms with Gasteiger partial charge in [-0.15, -0.1) is 0 Å². The van der Waals surface area contributed by atoms with Gasteiger partial charge >= 0.3 is 18.9 Å². The largest absolute Gasteiger partial charge is 1.00 e. The van der Waals surface area contributed by atoms with Gasteiger partial charge in [0.05, 0.1) is 6.61 Å². The molecule has 2 nitrogen and oxygen atoms in total. The molecule has 0 saturated carbocycles. The minimum Gasteiger partial charge on any atom is -0.383 e. The molecule has 1 heterocycles. The number of hydrogen-bond donors (Lipinski definition) is 0. The van der Waals surface area contributed by atoms with Crippen LogP contribution in [0.25, 0.3) is 0 Å². The molecular formula is C9H18LiNO. The van der Waals surface area contributed by atoms with E-state index in [1.54, 1.807) is 0 Å². The predicted octanol–water partition coefficient (Wildman–Crippen LogP) is -1.67. The van der Waals surface area contributed by atoms with Gasteiger partial charge in [-0.3, -0.25) is 0 Å². The van der Waals surface area contributed by atoms with Crippen LogP contribution in [-0.2, 0) is 4.74 Å². The van der Waals surface area contributed by atoms with E-state index in [1.807, 2.05) is 0 Å². The maximum atomic E-state index is 5.34. The van der Waals surface area contributed by atoms with E-state index in [0.717, 1.165) is 26.2 Å². The average Bonchev–Trinajstić information content (AvgIpc) is 2.50. The quantitative estimate of drug-likeness (QED) is 0.273. The summed E-state index contributed by atoms with van der Waals surface area (Å²) < 4.78 is 5.34. The molecule has 1 fully saturated rings. The van der Waals surface area contributed by atoms with Crippen molar-refractivity contribution >= 4 is 0 Å². The van der Waals surface area contributed by atoms with Crippen molar-refractivity contribution < 1.29 is 23.6 Å². The maximum Gasteiger partial charge on any atom is 1.00 e. The molecule has 1 aliphatic rings. The second-order valence-corrected chi connectivity index (χ2v) is 3.01. The van der Waals surface area contributed by atoms with E-state index in [1.165, 1.54) is 25.9 Å². The molecule has 0 unspecified atom stereocenters. The Labute approximate surface area is 87.8 Å². The molecule has 0 atom stereocenters. The van der Waals surface area contributed by atoms with E-state index in [-0.39, 0.29) is 18.9 Å². The van der Waals surface area contributed by atoms with Crippen LogP contribution in [0.3, 0.4) is 0 Å². The van der Waals surface area contributed by atoms with Crippen LogP contribution in [0.1, 0.15) is 19.3 Å². The average molecular weight is 163 g/mol. The van der Waals surface area contributed by atoms with Gasteiger partial charge in [-0.2, -0.15) is 6.42 Å². The van der Waals surface area contributed by atoms with Gasteiger partial charge in [0.15, 0.2) is 0 Å². The SMILES string of the molecule is [CH2-]CCOCCN1CCCC1.[Li+]. The molecule has 0 aromatic carbocycles. The van der Waals surface area contributed by atoms with Gasteiger partial charge in [0.25, 0.3) is 0 Å². The zero-order valence-electron chi connectivity index (χ0n) is 8.22. The molecule has 0 spiro atoms. The first-order chi connectivity index (χ1) is 5.43. The first-order valence-electron chi connectivity index (χ1n) is 4.53. The molecule has 0 radical (unpaired) electrons. The fourth-order valence-corrected chi connectivity index (χ4v) is 1.40. The van der Waals surface area contributed by atoms with E-state index >= 15 is 0 Å². The van der Waals surface area contributed by atoms with Gasteiger partial charge in [-0.25, -0.2) is 0 Å². The Morgan fingerprint density at radius 1 is 1.17 bits per heavy atom. The monoisotopic (exact) mass is 163 g/mol. The fraction of sp³-hybridized carbons (Fsp3) is 0.889. The third-order valence-corrected chi connectivity index (χ3v) is 2.04. The van der Waals surface area contributed by atoms with E-state index in [0.29, 0.717) is 0 Å². The molecule has 3 heteroatoms. The van der Waals surface area contributed by atoms with Crippen LogP contribution >= 0.6 is 0 Å². The van der Waals surface area contributed by atoms with Gasteiger partial charge < -0.3 is 16.6 Å². The summed E-state index contributed by atoms with van der Waals surface area (Å²) in [5.74, 6) is 0. The second kappa shape index (κ2) is 8.13. The summed E-state index contributed by atoms with van der Waals surface area (Å²) in [6.45, 7) is 9.07. The van der Waals surface area contributed by atoms with Crippen molar-refractivity contribution in [3.8, 4) is 0 Å². The fourth-order valence-electron chi connectivity index (χ4n) is 1.40. The topological polar surface area (TPSA) is 12.5 Å². The molecule has 0 aliphatic carbocycles. The third-order valence-electron chi connectivity index (χ3n) is 2.04. The maximum absolute atomic E-state index is 5.34. The predicted molar refractivity (Wildman–Crippen MR) is 46.5 cm³/mol. The summed E-state index contributed by atoms with van der Waals surface area (Å²) in [6, 6.07) is 0. The van der Waals surface area contributed by atoms with Crippen LogP contribution in [0, 0.1) is 6.92 Å². The summed E-state index contributed by atoms with van der Waals surface area (Å²) in [5, 5.41) is 0. The van der Waals surface area contributed by atoms with Crippen LogP contribution in [0.15, 0.2) is 0 Å². The van der Waals surface area contributed by atoms with Crippen LogP contribution < -0.4 is 18.9 Å². The molecule has 0 amide bonds. The van der Waals surface area contributed by atoms with E-state index < -0.39 is 0 Å². The Balaban J connectivity index is 0.00000121. The van der Waals surface area contributed by atoms with Crippen LogP contribution in [0.5, 0.6) is 0 Å². The summed E-state index contributed by atoms with van der Waals surface area (Å²) in [4.78, 5) is 2.46. The van der Waals surface area contributed by atoms with Crippen molar-refractivity contribution in [3.05, 3.63) is 6.92 Å². The smallest absolute Gasteiger partial charge is 0.383 e. The molecular weight excluding hydrogens is 145 g/mol. The number of nitrogens with zero attached hydrogens (tertiary/aromatic N) is 1. The Morgan fingerprint density at radius 3 is 2.42 bits per heavy atom. The third kappa shape index (κ3) is 5.21. The molecule has 0 bridgehead atoms. The zero-order valence-corrected chi connectivity index (χ0v) is 8.22. The molecule has 1 rings (SSSR count). The number of hydrogen-bond acceptors (Lipinski definition) is 2. The van der Waals surface area contributed by atoms with Crippen molar-refractivity contribution in [1.29, 1.82) is 0 Å². The first-order valence-corrected chi connectivity index (χ1v) is 4.53. The van der Waals surface area contributed by atoms with E-state index in [9.17, 15) is 0 Å². The van der Waals surface area contributed by atoms with E-state index in [2.05, 4.69) is 11.8 Å². The summed E-state index contributed by atoms with van der Waals surface area (Å²) in [5.41, 5.74) is 0. The Bertz CT molecular complexity index is 94.5. The Morgan fingerprint density at radius 2 is 1.83 bits per heavy atom. The minimum atomic E-state index is 0. The van der Waals surface area contributed by atoms with Crippen molar-refractivity contribution in [2.24, 2.45) is 0 Å². The van der Waals surface area contributed by atoms with E-state index in [4.69, 9.17) is 4.74 Å². The van der Waals surface area contributed by atoms with Gasteiger partial charge in [0.2, 0.25) is 0 Å². The van der Waals surface area contributed by atoms with Gasteiger partial charge in [0, 0.05) is 13.2 Å². The standard InChI is InChI=1S/C9H18NO.Li/c1-2-8-11-9-7-10-5-3-4-6-10;/h1-9H2;/q-1;+1. The Hall–Kier alpha value is 0.517. The Kier molecular flexibility index (Phi) is 8.48. The summed E-state index contributed by atoms with van der Waals surface area (Å²) in [6.07, 6.45) is 3.63. The molecule has 0 N–H and O–H groups in total. The first kappa shape index (κ1) is 12.5. The molecule has 1 saturated heterocycles. The molecule has 0 aromatic rings. The summed E-state index contributed by atoms with van der Waals surface area (Å²) >= 11 is 0. The van der Waals surface area contributed by atoms with Crippen LogP contribution in [0.2, 0.25) is 0 Å². The van der Waals surface area contributed by atoms with Crippen molar-refractivity contribution in [3.63, 3.8) is 0 Å². The van der Waals surface area contributed by atoms with Crippen molar-refractivity contribution in [1.82, 2.24) is 4.90 Å². The van der Waals surface area contributed by atoms with Gasteiger partial charge in [-0.05, 0) is 25.9 Å². The molecule has 66 valence electrons. The number of rotatable bonds is 5. The summed E-state index contributed by atoms with van der Waals surface area (Å²) in [7, 11) is 0. The van der Waals surface area contributed by atoms with Gasteiger partial charge in [0.1, 0.15) is 0 Å². The molecule has 12 heavy (non-hydrogen) atoms. The molecule has 0 aromatic heterocycles. The van der Waals surface area contributed by atoms with Crippen LogP contribution in [-0.4, -0.2) is 37.7 Å².